The normalized spacial score (nSPS) is 15.5. The summed E-state index contributed by atoms with van der Waals surface area (Å²) in [5.41, 5.74) is 0. The largest absolute Gasteiger partial charge is 0.474 e. The summed E-state index contributed by atoms with van der Waals surface area (Å²) in [6.07, 6.45) is -0.688. The number of methoxy groups -OCH3 is 3. The van der Waals surface area contributed by atoms with Crippen LogP contribution in [-0.4, -0.2) is 53.4 Å². The van der Waals surface area contributed by atoms with Gasteiger partial charge in [-0.25, -0.2) is 9.09 Å². The van der Waals surface area contributed by atoms with Crippen molar-refractivity contribution in [1.82, 2.24) is 0 Å². The van der Waals surface area contributed by atoms with E-state index in [-0.39, 0.29) is 0 Å². The number of phosphoric acid groups is 1. The molecule has 1 unspecified atom stereocenters. The third-order valence-corrected chi connectivity index (χ3v) is 3.10. The maximum atomic E-state index is 10.8. The minimum atomic E-state index is -4.72. The first-order chi connectivity index (χ1) is 6.85. The first-order valence-corrected chi connectivity index (χ1v) is 7.19. The van der Waals surface area contributed by atoms with E-state index in [1.54, 1.807) is 0 Å². The Morgan fingerprint density at radius 2 is 1.80 bits per heavy atom. The first kappa shape index (κ1) is 15.2. The molecule has 0 aliphatic heterocycles. The van der Waals surface area contributed by atoms with Gasteiger partial charge in [0.15, 0.2) is 0 Å². The van der Waals surface area contributed by atoms with Crippen LogP contribution in [0.2, 0.25) is 6.04 Å². The van der Waals surface area contributed by atoms with E-state index in [1.165, 1.54) is 21.3 Å². The smallest absolute Gasteiger partial charge is 0.373 e. The van der Waals surface area contributed by atoms with Crippen LogP contribution in [0.3, 0.4) is 0 Å². The van der Waals surface area contributed by atoms with Crippen LogP contribution in [0.4, 0.5) is 0 Å². The Labute approximate surface area is 91.3 Å². The van der Waals surface area contributed by atoms with E-state index in [2.05, 4.69) is 4.52 Å². The number of hydrogen-bond donors (Lipinski definition) is 2. The second kappa shape index (κ2) is 6.07. The van der Waals surface area contributed by atoms with Gasteiger partial charge in [-0.15, -0.1) is 0 Å². The zero-order chi connectivity index (χ0) is 12.1. The SMILES string of the molecule is COC(C[SiH3])C(OC)(OC)OP(=O)(O)O. The maximum absolute atomic E-state index is 10.8. The maximum Gasteiger partial charge on any atom is 0.474 e. The van der Waals surface area contributed by atoms with Gasteiger partial charge in [-0.2, -0.15) is 0 Å². The standard InChI is InChI=1S/C6H17O7PSi/c1-10-5(4-15)6(11-2,12-3)13-14(7,8)9/h5H,4H2,1-3,15H3,(H2,7,8,9). The second-order valence-corrected chi connectivity index (χ2v) is 4.71. The van der Waals surface area contributed by atoms with Gasteiger partial charge in [-0.05, 0) is 6.04 Å². The predicted octanol–water partition coefficient (Wildman–Crippen LogP) is -1.16. The van der Waals surface area contributed by atoms with Gasteiger partial charge in [-0.1, -0.05) is 0 Å². The number of hydrogen-bond acceptors (Lipinski definition) is 5. The first-order valence-electron chi connectivity index (χ1n) is 4.24. The van der Waals surface area contributed by atoms with Crippen molar-refractivity contribution in [2.75, 3.05) is 21.3 Å². The van der Waals surface area contributed by atoms with Crippen LogP contribution in [0.25, 0.3) is 0 Å². The molecule has 0 bridgehead atoms. The van der Waals surface area contributed by atoms with Crippen molar-refractivity contribution >= 4 is 18.1 Å². The number of ether oxygens (including phenoxy) is 3. The summed E-state index contributed by atoms with van der Waals surface area (Å²) in [6, 6.07) is 0.540. The molecule has 0 radical (unpaired) electrons. The Morgan fingerprint density at radius 3 is 2.00 bits per heavy atom. The molecule has 0 aliphatic rings. The van der Waals surface area contributed by atoms with E-state index in [0.717, 1.165) is 10.2 Å². The fourth-order valence-corrected chi connectivity index (χ4v) is 2.64. The van der Waals surface area contributed by atoms with E-state index in [1.807, 2.05) is 0 Å². The van der Waals surface area contributed by atoms with Crippen LogP contribution in [0.15, 0.2) is 0 Å². The van der Waals surface area contributed by atoms with Crippen molar-refractivity contribution in [2.45, 2.75) is 18.1 Å². The van der Waals surface area contributed by atoms with Gasteiger partial charge in [-0.3, -0.25) is 0 Å². The molecule has 0 aromatic carbocycles. The monoisotopic (exact) mass is 260 g/mol. The summed E-state index contributed by atoms with van der Waals surface area (Å²) >= 11 is 0. The molecule has 1 atom stereocenters. The molecule has 2 N–H and O–H groups in total. The quantitative estimate of drug-likeness (QED) is 0.339. The van der Waals surface area contributed by atoms with Crippen LogP contribution in [-0.2, 0) is 23.3 Å². The fraction of sp³-hybridized carbons (Fsp3) is 1.00. The summed E-state index contributed by atoms with van der Waals surface area (Å²) in [5.74, 6) is -1.87. The number of phosphoric ester groups is 1. The lowest BCUT2D eigenvalue weighted by molar-refractivity contribution is -0.366. The van der Waals surface area contributed by atoms with Gasteiger partial charge in [0, 0.05) is 31.6 Å². The van der Waals surface area contributed by atoms with Gasteiger partial charge >= 0.3 is 13.8 Å². The fourth-order valence-electron chi connectivity index (χ4n) is 1.21. The summed E-state index contributed by atoms with van der Waals surface area (Å²) < 4.78 is 30.0. The minimum Gasteiger partial charge on any atom is -0.373 e. The van der Waals surface area contributed by atoms with Crippen LogP contribution in [0, 0.1) is 0 Å². The lowest BCUT2D eigenvalue weighted by Crippen LogP contribution is -2.48. The highest BCUT2D eigenvalue weighted by Gasteiger charge is 2.46. The third-order valence-electron chi connectivity index (χ3n) is 1.86. The Hall–Kier alpha value is 0.207. The highest BCUT2D eigenvalue weighted by atomic mass is 31.2. The average molecular weight is 260 g/mol. The molecular formula is C6H17O7PSi. The molecule has 0 amide bonds. The van der Waals surface area contributed by atoms with E-state index in [9.17, 15) is 4.57 Å². The van der Waals surface area contributed by atoms with Crippen LogP contribution in [0.1, 0.15) is 0 Å². The molecule has 0 saturated carbocycles. The Morgan fingerprint density at radius 1 is 1.33 bits per heavy atom. The number of rotatable bonds is 7. The molecule has 0 aromatic rings. The Bertz CT molecular complexity index is 222. The third kappa shape index (κ3) is 4.29. The van der Waals surface area contributed by atoms with Gasteiger partial charge in [0.05, 0.1) is 0 Å². The molecule has 7 nitrogen and oxygen atoms in total. The summed E-state index contributed by atoms with van der Waals surface area (Å²) in [4.78, 5) is 17.5. The second-order valence-electron chi connectivity index (χ2n) is 2.73. The Balaban J connectivity index is 4.94. The lowest BCUT2D eigenvalue weighted by Gasteiger charge is -2.35. The topological polar surface area (TPSA) is 94.5 Å². The van der Waals surface area contributed by atoms with Gasteiger partial charge in [0.2, 0.25) is 0 Å². The summed E-state index contributed by atoms with van der Waals surface area (Å²) in [7, 11) is -0.133. The highest BCUT2D eigenvalue weighted by Crippen LogP contribution is 2.44. The van der Waals surface area contributed by atoms with Crippen LogP contribution >= 0.6 is 7.82 Å². The molecule has 0 heterocycles. The van der Waals surface area contributed by atoms with Crippen LogP contribution in [0.5, 0.6) is 0 Å². The van der Waals surface area contributed by atoms with E-state index in [0.29, 0.717) is 6.04 Å². The summed E-state index contributed by atoms with van der Waals surface area (Å²) in [5, 5.41) is 0. The van der Waals surface area contributed by atoms with Gasteiger partial charge < -0.3 is 24.0 Å². The van der Waals surface area contributed by atoms with Crippen molar-refractivity contribution in [1.29, 1.82) is 0 Å². The van der Waals surface area contributed by atoms with Crippen molar-refractivity contribution < 1.29 is 33.1 Å². The van der Waals surface area contributed by atoms with E-state index in [4.69, 9.17) is 24.0 Å². The van der Waals surface area contributed by atoms with Gasteiger partial charge in [0.25, 0.3) is 0 Å². The zero-order valence-corrected chi connectivity index (χ0v) is 12.1. The molecule has 0 aromatic heterocycles. The molecule has 15 heavy (non-hydrogen) atoms. The Kier molecular flexibility index (Phi) is 6.15. The highest BCUT2D eigenvalue weighted by molar-refractivity contribution is 7.46. The van der Waals surface area contributed by atoms with Gasteiger partial charge in [0.1, 0.15) is 6.10 Å². The molecule has 0 spiro atoms. The predicted molar refractivity (Wildman–Crippen MR) is 55.4 cm³/mol. The molecule has 0 saturated heterocycles. The lowest BCUT2D eigenvalue weighted by atomic mass is 10.3. The molecular weight excluding hydrogens is 243 g/mol. The van der Waals surface area contributed by atoms with Crippen molar-refractivity contribution in [3.63, 3.8) is 0 Å². The molecule has 92 valence electrons. The van der Waals surface area contributed by atoms with E-state index < -0.39 is 19.9 Å². The van der Waals surface area contributed by atoms with Crippen molar-refractivity contribution in [3.05, 3.63) is 0 Å². The molecule has 9 heteroatoms. The van der Waals surface area contributed by atoms with Crippen LogP contribution < -0.4 is 0 Å². The zero-order valence-electron chi connectivity index (χ0n) is 9.17. The van der Waals surface area contributed by atoms with E-state index >= 15 is 0 Å². The molecule has 0 rings (SSSR count). The summed E-state index contributed by atoms with van der Waals surface area (Å²) in [6.45, 7) is 0. The molecule has 0 fully saturated rings. The van der Waals surface area contributed by atoms with Crippen molar-refractivity contribution in [2.24, 2.45) is 0 Å². The average Bonchev–Trinajstić information content (AvgIpc) is 2.16. The van der Waals surface area contributed by atoms with Crippen molar-refractivity contribution in [3.8, 4) is 0 Å². The minimum absolute atomic E-state index is 0.540. The molecule has 0 aliphatic carbocycles.